The van der Waals surface area contributed by atoms with E-state index in [1.54, 1.807) is 19.1 Å². The Kier molecular flexibility index (Phi) is 15.9. The predicted octanol–water partition coefficient (Wildman–Crippen LogP) is 9.15. The van der Waals surface area contributed by atoms with Crippen LogP contribution in [0.4, 0.5) is 13.2 Å². The molecule has 0 amide bonds. The molecule has 0 aliphatic heterocycles. The van der Waals surface area contributed by atoms with E-state index < -0.39 is 18.7 Å². The van der Waals surface area contributed by atoms with Crippen LogP contribution in [0.25, 0.3) is 27.9 Å². The topological polar surface area (TPSA) is 87.8 Å². The standard InChI is InChI=1S/C19H17N3O2S.C9H17F3O.C3H8/c1-4-5-6-14-11(2)20-9-16(14)17-10-25-19(22-17)15-7-13(12(3)23)8-21-18(15)24;1-3-5-6-13-8(4-2)7-9(10,11)12;1-3-2/h4-10,20H,1H2,2-3H3,(H,21,24);8H,3-7H2,1-2H3;3H2,1-2H3/b6-5-;;. The number of H-pyrrole nitrogens is 2. The van der Waals surface area contributed by atoms with E-state index in [9.17, 15) is 22.8 Å². The summed E-state index contributed by atoms with van der Waals surface area (Å²) in [6, 6.07) is 1.59. The molecule has 10 heteroatoms. The van der Waals surface area contributed by atoms with Gasteiger partial charge in [0.05, 0.1) is 23.8 Å². The van der Waals surface area contributed by atoms with Crippen LogP contribution in [0.15, 0.2) is 47.4 Å². The van der Waals surface area contributed by atoms with Crippen LogP contribution >= 0.6 is 11.3 Å². The summed E-state index contributed by atoms with van der Waals surface area (Å²) in [4.78, 5) is 34.1. The molecule has 0 aromatic carbocycles. The van der Waals surface area contributed by atoms with E-state index in [1.807, 2.05) is 37.6 Å². The summed E-state index contributed by atoms with van der Waals surface area (Å²) in [5.74, 6) is -0.104. The fourth-order valence-corrected chi connectivity index (χ4v) is 4.30. The van der Waals surface area contributed by atoms with Crippen molar-refractivity contribution in [1.82, 2.24) is 15.0 Å². The number of nitrogens with one attached hydrogen (secondary N) is 2. The third kappa shape index (κ3) is 12.4. The third-order valence-corrected chi connectivity index (χ3v) is 6.49. The summed E-state index contributed by atoms with van der Waals surface area (Å²) in [7, 11) is 0. The quantitative estimate of drug-likeness (QED) is 0.132. The predicted molar refractivity (Wildman–Crippen MR) is 164 cm³/mol. The van der Waals surface area contributed by atoms with Crippen molar-refractivity contribution in [1.29, 1.82) is 0 Å². The SMILES string of the molecule is C=C/C=C\c1c(-c2csc(-c3cc(C(C)=O)c[nH]c3=O)n2)c[nH]c1C.CCC.CCCCOC(CC)CC(F)(F)F. The average Bonchev–Trinajstić information content (AvgIpc) is 3.54. The number of unbranched alkanes of at least 4 members (excludes halogenated alkanes) is 1. The summed E-state index contributed by atoms with van der Waals surface area (Å²) < 4.78 is 40.9. The number of hydrogen-bond donors (Lipinski definition) is 2. The largest absolute Gasteiger partial charge is 0.391 e. The van der Waals surface area contributed by atoms with Crippen molar-refractivity contribution in [2.24, 2.45) is 0 Å². The van der Waals surface area contributed by atoms with Crippen molar-refractivity contribution in [2.75, 3.05) is 6.61 Å². The van der Waals surface area contributed by atoms with Crippen molar-refractivity contribution in [2.45, 2.75) is 85.9 Å². The lowest BCUT2D eigenvalue weighted by molar-refractivity contribution is -0.161. The number of thiazole rings is 1. The zero-order valence-electron chi connectivity index (χ0n) is 24.8. The fraction of sp³-hybridized carbons (Fsp3) is 0.452. The van der Waals surface area contributed by atoms with Crippen LogP contribution in [0.5, 0.6) is 0 Å². The van der Waals surface area contributed by atoms with E-state index in [1.165, 1.54) is 30.9 Å². The Bertz CT molecular complexity index is 1310. The normalized spacial score (nSPS) is 11.8. The first-order valence-electron chi connectivity index (χ1n) is 13.8. The summed E-state index contributed by atoms with van der Waals surface area (Å²) in [6.07, 6.45) is 6.73. The number of aryl methyl sites for hydroxylation is 1. The molecule has 3 aromatic rings. The van der Waals surface area contributed by atoms with Crippen molar-refractivity contribution in [3.63, 3.8) is 0 Å². The van der Waals surface area contributed by atoms with Crippen LogP contribution in [0.1, 0.15) is 88.3 Å². The van der Waals surface area contributed by atoms with Crippen LogP contribution in [0, 0.1) is 6.92 Å². The molecule has 3 rings (SSSR count). The zero-order valence-corrected chi connectivity index (χ0v) is 25.6. The highest BCUT2D eigenvalue weighted by atomic mass is 32.1. The van der Waals surface area contributed by atoms with Crippen LogP contribution in [0.3, 0.4) is 0 Å². The summed E-state index contributed by atoms with van der Waals surface area (Å²) >= 11 is 1.37. The summed E-state index contributed by atoms with van der Waals surface area (Å²) in [6.45, 7) is 15.5. The molecule has 3 aromatic heterocycles. The lowest BCUT2D eigenvalue weighted by Crippen LogP contribution is -2.22. The van der Waals surface area contributed by atoms with Gasteiger partial charge in [0.25, 0.3) is 5.56 Å². The number of aromatic nitrogens is 3. The van der Waals surface area contributed by atoms with Gasteiger partial charge in [-0.3, -0.25) is 9.59 Å². The molecule has 3 heterocycles. The first-order chi connectivity index (χ1) is 19.4. The Morgan fingerprint density at radius 3 is 2.41 bits per heavy atom. The first kappa shape index (κ1) is 35.8. The molecule has 0 aliphatic carbocycles. The highest BCUT2D eigenvalue weighted by molar-refractivity contribution is 7.13. The van der Waals surface area contributed by atoms with Gasteiger partial charge in [0.2, 0.25) is 0 Å². The number of nitrogens with zero attached hydrogens (tertiary/aromatic N) is 1. The molecule has 2 N–H and O–H groups in total. The van der Waals surface area contributed by atoms with Crippen molar-refractivity contribution in [3.05, 3.63) is 69.7 Å². The molecule has 0 saturated heterocycles. The Hall–Kier alpha value is -3.24. The molecule has 41 heavy (non-hydrogen) atoms. The van der Waals surface area contributed by atoms with Crippen molar-refractivity contribution < 1.29 is 22.7 Å². The second-order valence-corrected chi connectivity index (χ2v) is 10.2. The number of alkyl halides is 3. The Morgan fingerprint density at radius 1 is 1.17 bits per heavy atom. The van der Waals surface area contributed by atoms with Gasteiger partial charge in [-0.2, -0.15) is 13.2 Å². The minimum Gasteiger partial charge on any atom is -0.378 e. The summed E-state index contributed by atoms with van der Waals surface area (Å²) in [5.41, 5.74) is 4.39. The Morgan fingerprint density at radius 2 is 1.85 bits per heavy atom. The number of carbonyl (C=O) groups excluding carboxylic acids is 1. The van der Waals surface area contributed by atoms with Gasteiger partial charge >= 0.3 is 6.18 Å². The fourth-order valence-electron chi connectivity index (χ4n) is 3.47. The smallest absolute Gasteiger partial charge is 0.378 e. The maximum Gasteiger partial charge on any atom is 0.391 e. The minimum atomic E-state index is -4.10. The van der Waals surface area contributed by atoms with Gasteiger partial charge < -0.3 is 14.7 Å². The van der Waals surface area contributed by atoms with E-state index in [0.717, 1.165) is 35.4 Å². The van der Waals surface area contributed by atoms with Crippen LogP contribution in [-0.4, -0.2) is 39.6 Å². The molecule has 0 radical (unpaired) electrons. The van der Waals surface area contributed by atoms with Gasteiger partial charge in [0.15, 0.2) is 5.78 Å². The van der Waals surface area contributed by atoms with E-state index in [-0.39, 0.29) is 11.3 Å². The van der Waals surface area contributed by atoms with Crippen molar-refractivity contribution >= 4 is 23.2 Å². The second-order valence-electron chi connectivity index (χ2n) is 9.34. The highest BCUT2D eigenvalue weighted by Crippen LogP contribution is 2.31. The minimum absolute atomic E-state index is 0.104. The lowest BCUT2D eigenvalue weighted by atomic mass is 10.1. The third-order valence-electron chi connectivity index (χ3n) is 5.61. The van der Waals surface area contributed by atoms with Gasteiger partial charge in [0.1, 0.15) is 5.01 Å². The number of pyridine rings is 1. The average molecular weight is 594 g/mol. The maximum absolute atomic E-state index is 12.1. The number of ether oxygens (including phenoxy) is 1. The molecule has 0 saturated carbocycles. The van der Waals surface area contributed by atoms with Gasteiger partial charge in [-0.15, -0.1) is 11.3 Å². The van der Waals surface area contributed by atoms with Gasteiger partial charge in [-0.1, -0.05) is 65.3 Å². The van der Waals surface area contributed by atoms with Crippen LogP contribution in [-0.2, 0) is 4.74 Å². The van der Waals surface area contributed by atoms with Gasteiger partial charge in [-0.05, 0) is 32.8 Å². The number of carbonyl (C=O) groups is 1. The van der Waals surface area contributed by atoms with Crippen LogP contribution < -0.4 is 5.56 Å². The Balaban J connectivity index is 0.000000445. The molecular weight excluding hydrogens is 551 g/mol. The number of rotatable bonds is 11. The first-order valence-corrected chi connectivity index (χ1v) is 14.6. The highest BCUT2D eigenvalue weighted by Gasteiger charge is 2.31. The number of aromatic amines is 2. The van der Waals surface area contributed by atoms with E-state index in [0.29, 0.717) is 29.2 Å². The maximum atomic E-state index is 12.1. The van der Waals surface area contributed by atoms with Gasteiger partial charge in [0, 0.05) is 46.8 Å². The molecule has 1 unspecified atom stereocenters. The van der Waals surface area contributed by atoms with Crippen molar-refractivity contribution in [3.8, 4) is 21.8 Å². The number of allylic oxidation sites excluding steroid dienone is 2. The molecule has 226 valence electrons. The van der Waals surface area contributed by atoms with E-state index in [4.69, 9.17) is 4.74 Å². The number of ketones is 1. The second kappa shape index (κ2) is 18.2. The van der Waals surface area contributed by atoms with Gasteiger partial charge in [-0.25, -0.2) is 4.98 Å². The molecule has 0 spiro atoms. The molecular formula is C31H42F3N3O3S. The Labute approximate surface area is 244 Å². The summed E-state index contributed by atoms with van der Waals surface area (Å²) in [5, 5.41) is 2.49. The molecule has 0 bridgehead atoms. The number of Topliss-reactive ketones (excluding diaryl/α,β-unsaturated/α-hetero) is 1. The molecule has 0 aliphatic rings. The molecule has 1 atom stereocenters. The molecule has 6 nitrogen and oxygen atoms in total. The number of hydrogen-bond acceptors (Lipinski definition) is 5. The molecule has 0 fully saturated rings. The van der Waals surface area contributed by atoms with E-state index in [2.05, 4.69) is 35.4 Å². The lowest BCUT2D eigenvalue weighted by Gasteiger charge is -2.17. The monoisotopic (exact) mass is 593 g/mol. The zero-order chi connectivity index (χ0) is 31.0. The number of halogens is 3. The van der Waals surface area contributed by atoms with E-state index >= 15 is 0 Å². The van der Waals surface area contributed by atoms with Crippen LogP contribution in [0.2, 0.25) is 0 Å².